The SMILES string of the molecule is NC(=O)CC=Cc1cc(Br)ccc1O. The molecular weight excluding hydrogens is 246 g/mol. The van der Waals surface area contributed by atoms with Crippen LogP contribution in [0.3, 0.4) is 0 Å². The Kier molecular flexibility index (Phi) is 3.71. The van der Waals surface area contributed by atoms with Crippen LogP contribution in [0.25, 0.3) is 6.08 Å². The molecular formula is C10H10BrNO2. The molecule has 3 nitrogen and oxygen atoms in total. The molecule has 0 radical (unpaired) electrons. The average Bonchev–Trinajstić information content (AvgIpc) is 2.10. The van der Waals surface area contributed by atoms with Crippen molar-refractivity contribution in [3.05, 3.63) is 34.3 Å². The summed E-state index contributed by atoms with van der Waals surface area (Å²) in [4.78, 5) is 10.4. The van der Waals surface area contributed by atoms with Crippen LogP contribution >= 0.6 is 15.9 Å². The second-order valence-electron chi connectivity index (χ2n) is 2.78. The van der Waals surface area contributed by atoms with Crippen LogP contribution in [-0.2, 0) is 4.79 Å². The number of phenols is 1. The first-order valence-electron chi connectivity index (χ1n) is 4.03. The molecule has 1 aromatic carbocycles. The van der Waals surface area contributed by atoms with E-state index in [0.717, 1.165) is 4.47 Å². The van der Waals surface area contributed by atoms with Crippen molar-refractivity contribution in [1.82, 2.24) is 0 Å². The van der Waals surface area contributed by atoms with Crippen LogP contribution in [0.5, 0.6) is 5.75 Å². The lowest BCUT2D eigenvalue weighted by molar-refractivity contribution is -0.117. The summed E-state index contributed by atoms with van der Waals surface area (Å²) >= 11 is 3.28. The van der Waals surface area contributed by atoms with Crippen molar-refractivity contribution < 1.29 is 9.90 Å². The highest BCUT2D eigenvalue weighted by Gasteiger charge is 1.97. The van der Waals surface area contributed by atoms with Crippen LogP contribution in [-0.4, -0.2) is 11.0 Å². The molecule has 0 saturated carbocycles. The maximum atomic E-state index is 10.4. The van der Waals surface area contributed by atoms with Crippen LogP contribution < -0.4 is 5.73 Å². The molecule has 0 saturated heterocycles. The first kappa shape index (κ1) is 10.8. The molecule has 1 amide bonds. The maximum Gasteiger partial charge on any atom is 0.221 e. The first-order chi connectivity index (χ1) is 6.59. The second kappa shape index (κ2) is 4.81. The fourth-order valence-corrected chi connectivity index (χ4v) is 1.34. The van der Waals surface area contributed by atoms with Crippen LogP contribution in [0.2, 0.25) is 0 Å². The van der Waals surface area contributed by atoms with Gasteiger partial charge in [-0.1, -0.05) is 28.1 Å². The van der Waals surface area contributed by atoms with Crippen LogP contribution in [0.1, 0.15) is 12.0 Å². The van der Waals surface area contributed by atoms with E-state index in [-0.39, 0.29) is 12.2 Å². The van der Waals surface area contributed by atoms with Gasteiger partial charge in [0.1, 0.15) is 5.75 Å². The van der Waals surface area contributed by atoms with E-state index in [0.29, 0.717) is 5.56 Å². The summed E-state index contributed by atoms with van der Waals surface area (Å²) in [6.07, 6.45) is 3.45. The number of carbonyl (C=O) groups is 1. The summed E-state index contributed by atoms with van der Waals surface area (Å²) < 4.78 is 0.869. The zero-order chi connectivity index (χ0) is 10.6. The van der Waals surface area contributed by atoms with Gasteiger partial charge in [0, 0.05) is 16.5 Å². The molecule has 3 N–H and O–H groups in total. The maximum absolute atomic E-state index is 10.4. The van der Waals surface area contributed by atoms with E-state index in [4.69, 9.17) is 5.73 Å². The van der Waals surface area contributed by atoms with Gasteiger partial charge in [0.15, 0.2) is 0 Å². The van der Waals surface area contributed by atoms with Crippen LogP contribution in [0.15, 0.2) is 28.7 Å². The third kappa shape index (κ3) is 3.22. The van der Waals surface area contributed by atoms with Crippen molar-refractivity contribution in [2.75, 3.05) is 0 Å². The smallest absolute Gasteiger partial charge is 0.221 e. The van der Waals surface area contributed by atoms with Crippen molar-refractivity contribution in [2.24, 2.45) is 5.73 Å². The molecule has 14 heavy (non-hydrogen) atoms. The molecule has 0 heterocycles. The quantitative estimate of drug-likeness (QED) is 0.869. The molecule has 1 rings (SSSR count). The minimum Gasteiger partial charge on any atom is -0.507 e. The minimum absolute atomic E-state index is 0.173. The minimum atomic E-state index is -0.393. The third-order valence-corrected chi connectivity index (χ3v) is 2.10. The fraction of sp³-hybridized carbons (Fsp3) is 0.100. The van der Waals surface area contributed by atoms with Crippen molar-refractivity contribution >= 4 is 27.9 Å². The molecule has 1 aromatic rings. The van der Waals surface area contributed by atoms with E-state index in [9.17, 15) is 9.90 Å². The molecule has 0 spiro atoms. The Morgan fingerprint density at radius 3 is 2.93 bits per heavy atom. The molecule has 0 aliphatic rings. The van der Waals surface area contributed by atoms with Gasteiger partial charge in [-0.15, -0.1) is 0 Å². The Bertz CT molecular complexity index is 374. The lowest BCUT2D eigenvalue weighted by Crippen LogP contribution is -2.07. The largest absolute Gasteiger partial charge is 0.507 e. The number of carbonyl (C=O) groups excluding carboxylic acids is 1. The van der Waals surface area contributed by atoms with E-state index in [1.54, 1.807) is 30.4 Å². The normalized spacial score (nSPS) is 10.6. The van der Waals surface area contributed by atoms with E-state index >= 15 is 0 Å². The zero-order valence-corrected chi connectivity index (χ0v) is 8.99. The Balaban J connectivity index is 2.80. The van der Waals surface area contributed by atoms with E-state index < -0.39 is 5.91 Å². The van der Waals surface area contributed by atoms with Crippen molar-refractivity contribution in [3.8, 4) is 5.75 Å². The van der Waals surface area contributed by atoms with Gasteiger partial charge in [-0.2, -0.15) is 0 Å². The zero-order valence-electron chi connectivity index (χ0n) is 7.40. The molecule has 74 valence electrons. The Morgan fingerprint density at radius 2 is 2.29 bits per heavy atom. The van der Waals surface area contributed by atoms with Gasteiger partial charge in [-0.3, -0.25) is 4.79 Å². The number of benzene rings is 1. The van der Waals surface area contributed by atoms with Crippen molar-refractivity contribution in [1.29, 1.82) is 0 Å². The summed E-state index contributed by atoms with van der Waals surface area (Å²) in [7, 11) is 0. The molecule has 0 aliphatic carbocycles. The number of hydrogen-bond acceptors (Lipinski definition) is 2. The third-order valence-electron chi connectivity index (χ3n) is 1.61. The van der Waals surface area contributed by atoms with Gasteiger partial charge in [0.25, 0.3) is 0 Å². The van der Waals surface area contributed by atoms with Crippen molar-refractivity contribution in [2.45, 2.75) is 6.42 Å². The lowest BCUT2D eigenvalue weighted by Gasteiger charge is -1.98. The lowest BCUT2D eigenvalue weighted by atomic mass is 10.2. The van der Waals surface area contributed by atoms with Crippen LogP contribution in [0, 0.1) is 0 Å². The molecule has 0 aromatic heterocycles. The van der Waals surface area contributed by atoms with E-state index in [2.05, 4.69) is 15.9 Å². The first-order valence-corrected chi connectivity index (χ1v) is 4.82. The Labute approximate surface area is 90.4 Å². The number of phenolic OH excluding ortho intramolecular Hbond substituents is 1. The Morgan fingerprint density at radius 1 is 1.57 bits per heavy atom. The van der Waals surface area contributed by atoms with Gasteiger partial charge >= 0.3 is 0 Å². The number of nitrogens with two attached hydrogens (primary N) is 1. The highest BCUT2D eigenvalue weighted by atomic mass is 79.9. The highest BCUT2D eigenvalue weighted by molar-refractivity contribution is 9.10. The molecule has 0 fully saturated rings. The topological polar surface area (TPSA) is 63.3 Å². The second-order valence-corrected chi connectivity index (χ2v) is 3.69. The van der Waals surface area contributed by atoms with Gasteiger partial charge in [-0.05, 0) is 18.2 Å². The highest BCUT2D eigenvalue weighted by Crippen LogP contribution is 2.22. The van der Waals surface area contributed by atoms with Gasteiger partial charge < -0.3 is 10.8 Å². The Hall–Kier alpha value is -1.29. The predicted octanol–water partition coefficient (Wildman–Crippen LogP) is 2.04. The fourth-order valence-electron chi connectivity index (χ4n) is 0.961. The molecule has 0 unspecified atom stereocenters. The number of aromatic hydroxyl groups is 1. The number of amides is 1. The van der Waals surface area contributed by atoms with E-state index in [1.165, 1.54) is 0 Å². The van der Waals surface area contributed by atoms with Crippen molar-refractivity contribution in [3.63, 3.8) is 0 Å². The summed E-state index contributed by atoms with van der Waals surface area (Å²) in [5.41, 5.74) is 5.62. The standard InChI is InChI=1S/C10H10BrNO2/c11-8-4-5-9(13)7(6-8)2-1-3-10(12)14/h1-2,4-6,13H,3H2,(H2,12,14). The molecule has 0 bridgehead atoms. The monoisotopic (exact) mass is 255 g/mol. The average molecular weight is 256 g/mol. The summed E-state index contributed by atoms with van der Waals surface area (Å²) in [5.74, 6) is -0.218. The molecule has 4 heteroatoms. The van der Waals surface area contributed by atoms with Gasteiger partial charge in [0.2, 0.25) is 5.91 Å². The number of rotatable bonds is 3. The molecule has 0 aliphatic heterocycles. The van der Waals surface area contributed by atoms with Crippen LogP contribution in [0.4, 0.5) is 0 Å². The predicted molar refractivity (Wildman–Crippen MR) is 58.7 cm³/mol. The summed E-state index contributed by atoms with van der Waals surface area (Å²) in [6.45, 7) is 0. The summed E-state index contributed by atoms with van der Waals surface area (Å²) in [5, 5.41) is 9.41. The van der Waals surface area contributed by atoms with Gasteiger partial charge in [0.05, 0.1) is 0 Å². The number of primary amides is 1. The number of hydrogen-bond donors (Lipinski definition) is 2. The van der Waals surface area contributed by atoms with E-state index in [1.807, 2.05) is 0 Å². The summed E-state index contributed by atoms with van der Waals surface area (Å²) in [6, 6.07) is 5.07. The number of halogens is 1. The molecule has 0 atom stereocenters. The van der Waals surface area contributed by atoms with Gasteiger partial charge in [-0.25, -0.2) is 0 Å².